The van der Waals surface area contributed by atoms with Gasteiger partial charge in [0.15, 0.2) is 5.82 Å². The quantitative estimate of drug-likeness (QED) is 0.518. The highest BCUT2D eigenvalue weighted by atomic mass is 19.4. The van der Waals surface area contributed by atoms with Crippen molar-refractivity contribution in [1.29, 1.82) is 0 Å². The van der Waals surface area contributed by atoms with Crippen molar-refractivity contribution in [2.75, 3.05) is 0 Å². The van der Waals surface area contributed by atoms with E-state index < -0.39 is 6.36 Å². The third kappa shape index (κ3) is 4.10. The summed E-state index contributed by atoms with van der Waals surface area (Å²) in [5, 5.41) is 4.04. The van der Waals surface area contributed by atoms with E-state index in [4.69, 9.17) is 4.52 Å². The number of aromatic nitrogens is 4. The van der Waals surface area contributed by atoms with Crippen molar-refractivity contribution in [2.45, 2.75) is 19.8 Å². The molecule has 2 aromatic carbocycles. The molecule has 0 aliphatic rings. The molecule has 0 unspecified atom stereocenters. The molecule has 0 saturated heterocycles. The lowest BCUT2D eigenvalue weighted by molar-refractivity contribution is -0.274. The molecule has 10 heteroatoms. The number of hydrogen-bond acceptors (Lipinski definition) is 6. The van der Waals surface area contributed by atoms with Gasteiger partial charge in [0.2, 0.25) is 5.89 Å². The van der Waals surface area contributed by atoms with E-state index in [-0.39, 0.29) is 23.7 Å². The van der Waals surface area contributed by atoms with Crippen molar-refractivity contribution in [3.05, 3.63) is 70.9 Å². The third-order valence-corrected chi connectivity index (χ3v) is 4.12. The van der Waals surface area contributed by atoms with Gasteiger partial charge in [0.1, 0.15) is 12.3 Å². The lowest BCUT2D eigenvalue weighted by Gasteiger charge is -2.10. The lowest BCUT2D eigenvalue weighted by Crippen LogP contribution is -2.21. The molecule has 0 spiro atoms. The van der Waals surface area contributed by atoms with E-state index in [2.05, 4.69) is 19.9 Å². The van der Waals surface area contributed by atoms with Gasteiger partial charge in [-0.05, 0) is 42.3 Å². The molecule has 0 aliphatic carbocycles. The van der Waals surface area contributed by atoms with Gasteiger partial charge in [0.25, 0.3) is 5.56 Å². The summed E-state index contributed by atoms with van der Waals surface area (Å²) in [5.41, 5.74) is 1.48. The zero-order chi connectivity index (χ0) is 20.6. The van der Waals surface area contributed by atoms with Gasteiger partial charge < -0.3 is 9.26 Å². The molecule has 0 N–H and O–H groups in total. The van der Waals surface area contributed by atoms with Gasteiger partial charge in [-0.3, -0.25) is 9.36 Å². The second-order valence-electron chi connectivity index (χ2n) is 6.22. The maximum Gasteiger partial charge on any atom is 0.573 e. The van der Waals surface area contributed by atoms with Gasteiger partial charge in [-0.25, -0.2) is 4.98 Å². The SMILES string of the molecule is Cc1noc(Cn2cnc3ccc(-c4ccc(OC(F)(F)F)cc4)cc3c2=O)n1. The summed E-state index contributed by atoms with van der Waals surface area (Å²) < 4.78 is 47.1. The van der Waals surface area contributed by atoms with Crippen LogP contribution in [0.1, 0.15) is 11.7 Å². The number of benzene rings is 2. The summed E-state index contributed by atoms with van der Waals surface area (Å²) in [6, 6.07) is 10.4. The van der Waals surface area contributed by atoms with Gasteiger partial charge in [-0.1, -0.05) is 23.4 Å². The van der Waals surface area contributed by atoms with Gasteiger partial charge in [-0.2, -0.15) is 4.98 Å². The number of fused-ring (bicyclic) bond motifs is 1. The summed E-state index contributed by atoms with van der Waals surface area (Å²) in [4.78, 5) is 21.2. The van der Waals surface area contributed by atoms with Crippen LogP contribution in [0.4, 0.5) is 13.2 Å². The highest BCUT2D eigenvalue weighted by Crippen LogP contribution is 2.27. The van der Waals surface area contributed by atoms with Crippen molar-refractivity contribution < 1.29 is 22.4 Å². The Morgan fingerprint density at radius 1 is 1.10 bits per heavy atom. The predicted octanol–water partition coefficient (Wildman–Crippen LogP) is 3.70. The maximum atomic E-state index is 12.8. The van der Waals surface area contributed by atoms with Gasteiger partial charge in [0.05, 0.1) is 17.2 Å². The Balaban J connectivity index is 1.67. The van der Waals surface area contributed by atoms with Crippen molar-refractivity contribution in [3.8, 4) is 16.9 Å². The number of ether oxygens (including phenoxy) is 1. The molecule has 0 aliphatic heterocycles. The minimum absolute atomic E-state index is 0.0797. The molecule has 0 fully saturated rings. The van der Waals surface area contributed by atoms with Crippen LogP contribution in [0.3, 0.4) is 0 Å². The summed E-state index contributed by atoms with van der Waals surface area (Å²) in [6.45, 7) is 1.75. The zero-order valence-corrected chi connectivity index (χ0v) is 15.0. The Morgan fingerprint density at radius 3 is 2.48 bits per heavy atom. The minimum atomic E-state index is -4.75. The molecule has 0 atom stereocenters. The first kappa shape index (κ1) is 18.7. The van der Waals surface area contributed by atoms with Crippen molar-refractivity contribution in [2.24, 2.45) is 0 Å². The first-order valence-electron chi connectivity index (χ1n) is 8.43. The average Bonchev–Trinajstić information content (AvgIpc) is 3.08. The van der Waals surface area contributed by atoms with Crippen molar-refractivity contribution in [3.63, 3.8) is 0 Å². The molecule has 148 valence electrons. The number of alkyl halides is 3. The monoisotopic (exact) mass is 402 g/mol. The molecule has 4 aromatic rings. The van der Waals surface area contributed by atoms with E-state index in [0.29, 0.717) is 27.9 Å². The molecule has 7 nitrogen and oxygen atoms in total. The molecule has 29 heavy (non-hydrogen) atoms. The van der Waals surface area contributed by atoms with Crippen LogP contribution in [-0.4, -0.2) is 26.1 Å². The smallest absolute Gasteiger partial charge is 0.406 e. The van der Waals surface area contributed by atoms with Crippen LogP contribution in [0.5, 0.6) is 5.75 Å². The summed E-state index contributed by atoms with van der Waals surface area (Å²) >= 11 is 0. The van der Waals surface area contributed by atoms with E-state index >= 15 is 0 Å². The zero-order valence-electron chi connectivity index (χ0n) is 15.0. The highest BCUT2D eigenvalue weighted by Gasteiger charge is 2.30. The van der Waals surface area contributed by atoms with Crippen molar-refractivity contribution in [1.82, 2.24) is 19.7 Å². The number of rotatable bonds is 4. The van der Waals surface area contributed by atoms with Crippen LogP contribution in [0.2, 0.25) is 0 Å². The fraction of sp³-hybridized carbons (Fsp3) is 0.158. The Bertz CT molecular complexity index is 1230. The van der Waals surface area contributed by atoms with E-state index in [1.54, 1.807) is 25.1 Å². The van der Waals surface area contributed by atoms with E-state index in [9.17, 15) is 18.0 Å². The summed E-state index contributed by atoms with van der Waals surface area (Å²) in [6.07, 6.45) is -3.36. The molecule has 0 saturated carbocycles. The van der Waals surface area contributed by atoms with E-state index in [0.717, 1.165) is 0 Å². The second-order valence-corrected chi connectivity index (χ2v) is 6.22. The number of aryl methyl sites for hydroxylation is 1. The fourth-order valence-corrected chi connectivity index (χ4v) is 2.85. The van der Waals surface area contributed by atoms with Crippen LogP contribution in [0.15, 0.2) is 58.1 Å². The number of hydrogen-bond donors (Lipinski definition) is 0. The third-order valence-electron chi connectivity index (χ3n) is 4.12. The Kier molecular flexibility index (Phi) is 4.53. The van der Waals surface area contributed by atoms with Gasteiger partial charge >= 0.3 is 6.36 Å². The van der Waals surface area contributed by atoms with Crippen LogP contribution in [0.25, 0.3) is 22.0 Å². The topological polar surface area (TPSA) is 83.0 Å². The largest absolute Gasteiger partial charge is 0.573 e. The van der Waals surface area contributed by atoms with Crippen molar-refractivity contribution >= 4 is 10.9 Å². The number of halogens is 3. The Morgan fingerprint density at radius 2 is 1.83 bits per heavy atom. The Labute approximate surface area is 161 Å². The first-order chi connectivity index (χ1) is 13.8. The molecule has 0 amide bonds. The lowest BCUT2D eigenvalue weighted by atomic mass is 10.0. The Hall–Kier alpha value is -3.69. The summed E-state index contributed by atoms with van der Waals surface area (Å²) in [5.74, 6) is 0.421. The molecular weight excluding hydrogens is 389 g/mol. The van der Waals surface area contributed by atoms with Crippen LogP contribution >= 0.6 is 0 Å². The van der Waals surface area contributed by atoms with Crippen LogP contribution < -0.4 is 10.3 Å². The normalized spacial score (nSPS) is 11.7. The van der Waals surface area contributed by atoms with E-state index in [1.165, 1.54) is 35.2 Å². The highest BCUT2D eigenvalue weighted by molar-refractivity contribution is 5.83. The number of nitrogens with zero attached hydrogens (tertiary/aromatic N) is 4. The molecule has 4 rings (SSSR count). The summed E-state index contributed by atoms with van der Waals surface area (Å²) in [7, 11) is 0. The maximum absolute atomic E-state index is 12.8. The average molecular weight is 402 g/mol. The van der Waals surface area contributed by atoms with Crippen LogP contribution in [0, 0.1) is 6.92 Å². The molecule has 2 aromatic heterocycles. The van der Waals surface area contributed by atoms with Gasteiger partial charge in [-0.15, -0.1) is 13.2 Å². The molecule has 0 radical (unpaired) electrons. The van der Waals surface area contributed by atoms with Crippen LogP contribution in [-0.2, 0) is 6.54 Å². The second kappa shape index (κ2) is 7.04. The van der Waals surface area contributed by atoms with E-state index in [1.807, 2.05) is 0 Å². The van der Waals surface area contributed by atoms with Gasteiger partial charge in [0, 0.05) is 0 Å². The predicted molar refractivity (Wildman–Crippen MR) is 96.3 cm³/mol. The molecule has 2 heterocycles. The first-order valence-corrected chi connectivity index (χ1v) is 8.43. The minimum Gasteiger partial charge on any atom is -0.406 e. The standard InChI is InChI=1S/C19H13F3N4O3/c1-11-24-17(29-25-11)9-26-10-23-16-7-4-13(8-15(16)18(26)27)12-2-5-14(6-3-12)28-19(20,21)22/h2-8,10H,9H2,1H3. The molecule has 0 bridgehead atoms. The fourth-order valence-electron chi connectivity index (χ4n) is 2.85. The molecular formula is C19H13F3N4O3.